The zero-order valence-corrected chi connectivity index (χ0v) is 6.76. The van der Waals surface area contributed by atoms with Gasteiger partial charge < -0.3 is 4.90 Å². The molecule has 0 unspecified atom stereocenters. The molecule has 0 aromatic carbocycles. The molecule has 0 bridgehead atoms. The van der Waals surface area contributed by atoms with Gasteiger partial charge in [0.2, 0.25) is 5.91 Å². The first kappa shape index (κ1) is 7.58. The Hall–Kier alpha value is -0.530. The van der Waals surface area contributed by atoms with Crippen LogP contribution in [0.5, 0.6) is 0 Å². The third-order valence-electron chi connectivity index (χ3n) is 1.88. The first-order chi connectivity index (χ1) is 4.74. The van der Waals surface area contributed by atoms with Crippen molar-refractivity contribution >= 4 is 5.91 Å². The second-order valence-electron chi connectivity index (χ2n) is 3.15. The molecule has 1 saturated heterocycles. The smallest absolute Gasteiger partial charge is 0.222 e. The monoisotopic (exact) mass is 141 g/mol. The lowest BCUT2D eigenvalue weighted by Crippen LogP contribution is -2.48. The van der Waals surface area contributed by atoms with E-state index in [4.69, 9.17) is 0 Å². The van der Waals surface area contributed by atoms with Crippen molar-refractivity contribution in [3.63, 3.8) is 0 Å². The number of amides is 1. The van der Waals surface area contributed by atoms with Gasteiger partial charge in [-0.25, -0.2) is 0 Å². The van der Waals surface area contributed by atoms with Gasteiger partial charge in [-0.15, -0.1) is 0 Å². The maximum absolute atomic E-state index is 11.1. The van der Waals surface area contributed by atoms with Crippen molar-refractivity contribution in [2.75, 3.05) is 13.1 Å². The van der Waals surface area contributed by atoms with Gasteiger partial charge >= 0.3 is 0 Å². The van der Waals surface area contributed by atoms with Crippen molar-refractivity contribution in [2.24, 2.45) is 5.92 Å². The Labute approximate surface area is 62.2 Å². The second-order valence-corrected chi connectivity index (χ2v) is 3.15. The molecule has 0 atom stereocenters. The third-order valence-corrected chi connectivity index (χ3v) is 1.88. The van der Waals surface area contributed by atoms with Crippen LogP contribution in [0.15, 0.2) is 0 Å². The molecular weight excluding hydrogens is 126 g/mol. The fourth-order valence-corrected chi connectivity index (χ4v) is 1.27. The van der Waals surface area contributed by atoms with Gasteiger partial charge in [0.15, 0.2) is 0 Å². The fraction of sp³-hybridized carbons (Fsp3) is 0.875. The summed E-state index contributed by atoms with van der Waals surface area (Å²) in [7, 11) is 0. The van der Waals surface area contributed by atoms with Gasteiger partial charge in [0.25, 0.3) is 0 Å². The predicted molar refractivity (Wildman–Crippen MR) is 40.7 cm³/mol. The van der Waals surface area contributed by atoms with Crippen LogP contribution < -0.4 is 0 Å². The number of nitrogens with zero attached hydrogens (tertiary/aromatic N) is 1. The summed E-state index contributed by atoms with van der Waals surface area (Å²) in [5, 5.41) is 0. The molecule has 1 heterocycles. The molecule has 1 rings (SSSR count). The van der Waals surface area contributed by atoms with Crippen LogP contribution in [0.3, 0.4) is 0 Å². The van der Waals surface area contributed by atoms with Gasteiger partial charge in [0, 0.05) is 19.5 Å². The normalized spacial score (nSPS) is 18.8. The number of hydrogen-bond acceptors (Lipinski definition) is 1. The molecule has 0 radical (unpaired) electrons. The molecule has 0 aromatic rings. The van der Waals surface area contributed by atoms with E-state index in [9.17, 15) is 4.79 Å². The third kappa shape index (κ3) is 1.49. The van der Waals surface area contributed by atoms with Gasteiger partial charge in [-0.3, -0.25) is 4.79 Å². The molecule has 2 nitrogen and oxygen atoms in total. The van der Waals surface area contributed by atoms with E-state index in [1.807, 2.05) is 11.8 Å². The largest absolute Gasteiger partial charge is 0.342 e. The van der Waals surface area contributed by atoms with E-state index in [1.54, 1.807) is 0 Å². The lowest BCUT2D eigenvalue weighted by Gasteiger charge is -2.37. The Morgan fingerprint density at radius 3 is 2.60 bits per heavy atom. The first-order valence-electron chi connectivity index (χ1n) is 4.01. The van der Waals surface area contributed by atoms with E-state index in [0.29, 0.717) is 5.91 Å². The Balaban J connectivity index is 2.18. The predicted octanol–water partition coefficient (Wildman–Crippen LogP) is 1.26. The van der Waals surface area contributed by atoms with Crippen molar-refractivity contribution in [3.05, 3.63) is 0 Å². The summed E-state index contributed by atoms with van der Waals surface area (Å²) < 4.78 is 0. The summed E-state index contributed by atoms with van der Waals surface area (Å²) >= 11 is 0. The van der Waals surface area contributed by atoms with Gasteiger partial charge in [0.1, 0.15) is 0 Å². The van der Waals surface area contributed by atoms with Gasteiger partial charge in [-0.2, -0.15) is 0 Å². The molecule has 1 fully saturated rings. The van der Waals surface area contributed by atoms with Crippen LogP contribution in [-0.2, 0) is 4.79 Å². The summed E-state index contributed by atoms with van der Waals surface area (Å²) in [5.41, 5.74) is 0. The molecule has 0 spiro atoms. The Bertz CT molecular complexity index is 127. The van der Waals surface area contributed by atoms with E-state index < -0.39 is 0 Å². The number of likely N-dealkylation sites (tertiary alicyclic amines) is 1. The first-order valence-corrected chi connectivity index (χ1v) is 4.01. The summed E-state index contributed by atoms with van der Waals surface area (Å²) in [6.45, 7) is 6.19. The summed E-state index contributed by atoms with van der Waals surface area (Å²) in [6, 6.07) is 0. The zero-order chi connectivity index (χ0) is 7.56. The van der Waals surface area contributed by atoms with Crippen LogP contribution >= 0.6 is 0 Å². The maximum atomic E-state index is 11.1. The lowest BCUT2D eigenvalue weighted by atomic mass is 10.0. The zero-order valence-electron chi connectivity index (χ0n) is 6.76. The molecule has 0 N–H and O–H groups in total. The molecule has 1 aliphatic heterocycles. The van der Waals surface area contributed by atoms with E-state index in [0.717, 1.165) is 31.8 Å². The number of carbonyl (C=O) groups is 1. The number of hydrogen-bond donors (Lipinski definition) is 0. The average Bonchev–Trinajstić information content (AvgIpc) is 1.82. The standard InChI is InChI=1S/C8H15NO/c1-3-4-8(10)9-5-7(2)6-9/h7H,3-6H2,1-2H3. The number of rotatable bonds is 2. The molecule has 1 aliphatic rings. The van der Waals surface area contributed by atoms with Gasteiger partial charge in [-0.05, 0) is 12.3 Å². The van der Waals surface area contributed by atoms with E-state index in [1.165, 1.54) is 0 Å². The van der Waals surface area contributed by atoms with Crippen LogP contribution in [0.2, 0.25) is 0 Å². The van der Waals surface area contributed by atoms with Crippen LogP contribution in [0.25, 0.3) is 0 Å². The average molecular weight is 141 g/mol. The second kappa shape index (κ2) is 3.04. The van der Waals surface area contributed by atoms with E-state index in [-0.39, 0.29) is 0 Å². The topological polar surface area (TPSA) is 20.3 Å². The lowest BCUT2D eigenvalue weighted by molar-refractivity contribution is -0.137. The highest BCUT2D eigenvalue weighted by Gasteiger charge is 2.25. The molecule has 10 heavy (non-hydrogen) atoms. The summed E-state index contributed by atoms with van der Waals surface area (Å²) in [5.74, 6) is 1.07. The van der Waals surface area contributed by atoms with Gasteiger partial charge in [0.05, 0.1) is 0 Å². The summed E-state index contributed by atoms with van der Waals surface area (Å²) in [4.78, 5) is 13.0. The van der Waals surface area contributed by atoms with Crippen LogP contribution in [0, 0.1) is 5.92 Å². The quantitative estimate of drug-likeness (QED) is 0.567. The minimum absolute atomic E-state index is 0.334. The molecule has 0 saturated carbocycles. The Morgan fingerprint density at radius 1 is 1.60 bits per heavy atom. The minimum atomic E-state index is 0.334. The molecule has 0 aromatic heterocycles. The van der Waals surface area contributed by atoms with Crippen molar-refractivity contribution in [1.29, 1.82) is 0 Å². The molecule has 1 amide bonds. The fourth-order valence-electron chi connectivity index (χ4n) is 1.27. The van der Waals surface area contributed by atoms with Crippen LogP contribution in [-0.4, -0.2) is 23.9 Å². The Morgan fingerprint density at radius 2 is 2.20 bits per heavy atom. The van der Waals surface area contributed by atoms with Crippen molar-refractivity contribution in [1.82, 2.24) is 4.90 Å². The van der Waals surface area contributed by atoms with Crippen LogP contribution in [0.4, 0.5) is 0 Å². The van der Waals surface area contributed by atoms with Crippen molar-refractivity contribution < 1.29 is 4.79 Å². The Kier molecular flexibility index (Phi) is 2.30. The highest BCUT2D eigenvalue weighted by molar-refractivity contribution is 5.76. The highest BCUT2D eigenvalue weighted by Crippen LogP contribution is 2.15. The van der Waals surface area contributed by atoms with Crippen LogP contribution in [0.1, 0.15) is 26.7 Å². The van der Waals surface area contributed by atoms with Gasteiger partial charge in [-0.1, -0.05) is 13.8 Å². The van der Waals surface area contributed by atoms with E-state index in [2.05, 4.69) is 6.92 Å². The van der Waals surface area contributed by atoms with Crippen molar-refractivity contribution in [2.45, 2.75) is 26.7 Å². The molecular formula is C8H15NO. The highest BCUT2D eigenvalue weighted by atomic mass is 16.2. The summed E-state index contributed by atoms with van der Waals surface area (Å²) in [6.07, 6.45) is 1.70. The van der Waals surface area contributed by atoms with Crippen molar-refractivity contribution in [3.8, 4) is 0 Å². The minimum Gasteiger partial charge on any atom is -0.342 e. The molecule has 2 heteroatoms. The number of carbonyl (C=O) groups excluding carboxylic acids is 1. The molecule has 58 valence electrons. The molecule has 0 aliphatic carbocycles. The maximum Gasteiger partial charge on any atom is 0.222 e. The SMILES string of the molecule is CCCC(=O)N1CC(C)C1. The van der Waals surface area contributed by atoms with E-state index >= 15 is 0 Å².